The molecule has 0 saturated heterocycles. The van der Waals surface area contributed by atoms with Crippen LogP contribution in [0.2, 0.25) is 0 Å². The second kappa shape index (κ2) is 13.6. The third kappa shape index (κ3) is 5.42. The Morgan fingerprint density at radius 1 is 0.473 bits per heavy atom. The van der Waals surface area contributed by atoms with Crippen LogP contribution in [0.25, 0.3) is 104 Å². The molecule has 0 radical (unpaired) electrons. The van der Waals surface area contributed by atoms with Crippen molar-refractivity contribution in [1.29, 1.82) is 0 Å². The van der Waals surface area contributed by atoms with Crippen LogP contribution < -0.4 is 15.7 Å². The summed E-state index contributed by atoms with van der Waals surface area (Å²) < 4.78 is 24.2. The molecule has 0 bridgehead atoms. The predicted octanol–water partition coefficient (Wildman–Crippen LogP) is 17.7. The van der Waals surface area contributed by atoms with Gasteiger partial charge >= 0.3 is 6.85 Å². The molecule has 0 N–H and O–H groups in total. The maximum Gasteiger partial charge on any atom is 0.333 e. The van der Waals surface area contributed by atoms with Crippen LogP contribution in [0.4, 0.5) is 11.4 Å². The van der Waals surface area contributed by atoms with Gasteiger partial charge in [0.25, 0.3) is 0 Å². The van der Waals surface area contributed by atoms with Crippen LogP contribution in [0.3, 0.4) is 0 Å². The van der Waals surface area contributed by atoms with Crippen LogP contribution in [-0.2, 0) is 27.1 Å². The molecular weight excluding hydrogens is 904 g/mol. The molecule has 0 spiro atoms. The van der Waals surface area contributed by atoms with Crippen molar-refractivity contribution >= 4 is 117 Å². The molecule has 74 heavy (non-hydrogen) atoms. The summed E-state index contributed by atoms with van der Waals surface area (Å²) in [6.07, 6.45) is 4.57. The summed E-state index contributed by atoms with van der Waals surface area (Å²) in [5, 5.41) is 9.45. The van der Waals surface area contributed by atoms with Gasteiger partial charge in [-0.2, -0.15) is 0 Å². The van der Waals surface area contributed by atoms with Gasteiger partial charge in [0.1, 0.15) is 33.5 Å². The molecule has 0 unspecified atom stereocenters. The standard InChI is InChI=1S/C68H61BN2O3/c1-64(2,3)36-20-22-37(23-21-36)71-51-35-57-40(41-29-45-48(33-55(41)73-57)68(10,11)27-25-65(45,4)5)28-43(51)60-61-62-58(59-39-17-13-15-19-54(39)74-63(59)60)44-30-46-47(67(8,9)26-24-66(46,6)7)32-50(44)70(62)52-31-42-38-16-12-14-18-53(38)72-56(42)34-49(52)69(61)71/h12-23,28-35H,24-27H2,1-11H3. The van der Waals surface area contributed by atoms with Crippen molar-refractivity contribution in [3.8, 4) is 16.8 Å². The van der Waals surface area contributed by atoms with Crippen LogP contribution in [0.1, 0.15) is 130 Å². The summed E-state index contributed by atoms with van der Waals surface area (Å²) in [5.74, 6) is 0. The van der Waals surface area contributed by atoms with Crippen LogP contribution in [-0.4, -0.2) is 11.4 Å². The number of hydrogen-bond acceptors (Lipinski definition) is 4. The molecule has 0 fully saturated rings. The minimum Gasteiger partial charge on any atom is -0.456 e. The zero-order valence-corrected chi connectivity index (χ0v) is 44.6. The molecule has 0 saturated carbocycles. The van der Waals surface area contributed by atoms with Gasteiger partial charge in [0.15, 0.2) is 0 Å². The number of anilines is 2. The van der Waals surface area contributed by atoms with Crippen LogP contribution in [0.15, 0.2) is 135 Å². The fourth-order valence-corrected chi connectivity index (χ4v) is 14.8. The molecule has 8 aromatic carbocycles. The van der Waals surface area contributed by atoms with E-state index in [4.69, 9.17) is 13.3 Å². The topological polar surface area (TPSA) is 47.6 Å². The maximum absolute atomic E-state index is 7.46. The molecule has 0 amide bonds. The zero-order valence-electron chi connectivity index (χ0n) is 44.6. The van der Waals surface area contributed by atoms with E-state index in [0.717, 1.165) is 103 Å². The molecule has 6 heterocycles. The molecule has 6 heteroatoms. The minimum atomic E-state index is -0.263. The number of rotatable bonds is 1. The number of aromatic nitrogens is 1. The summed E-state index contributed by atoms with van der Waals surface area (Å²) >= 11 is 0. The quantitative estimate of drug-likeness (QED) is 0.154. The van der Waals surface area contributed by atoms with Crippen molar-refractivity contribution in [2.24, 2.45) is 0 Å². The van der Waals surface area contributed by atoms with Gasteiger partial charge in [0, 0.05) is 77.3 Å². The number of fused-ring (bicyclic) bond motifs is 21. The van der Waals surface area contributed by atoms with Crippen molar-refractivity contribution in [2.45, 2.75) is 129 Å². The van der Waals surface area contributed by atoms with Gasteiger partial charge < -0.3 is 22.6 Å². The van der Waals surface area contributed by atoms with Crippen molar-refractivity contribution < 1.29 is 13.3 Å². The molecule has 364 valence electrons. The first-order valence-electron chi connectivity index (χ1n) is 27.2. The largest absolute Gasteiger partial charge is 0.456 e. The van der Waals surface area contributed by atoms with E-state index in [0.29, 0.717) is 0 Å². The number of hydrogen-bond donors (Lipinski definition) is 0. The van der Waals surface area contributed by atoms with Crippen LogP contribution in [0.5, 0.6) is 0 Å². The van der Waals surface area contributed by atoms with Crippen LogP contribution >= 0.6 is 0 Å². The monoisotopic (exact) mass is 964 g/mol. The van der Waals surface area contributed by atoms with Crippen molar-refractivity contribution in [2.75, 3.05) is 4.81 Å². The number of furan rings is 3. The highest BCUT2D eigenvalue weighted by atomic mass is 16.3. The normalized spacial score (nSPS) is 18.1. The molecule has 12 aromatic rings. The Morgan fingerprint density at radius 3 is 1.69 bits per heavy atom. The highest BCUT2D eigenvalue weighted by Crippen LogP contribution is 2.56. The van der Waals surface area contributed by atoms with Gasteiger partial charge in [-0.25, -0.2) is 0 Å². The van der Waals surface area contributed by atoms with Gasteiger partial charge in [-0.1, -0.05) is 125 Å². The fourth-order valence-electron chi connectivity index (χ4n) is 14.8. The molecule has 4 aliphatic rings. The van der Waals surface area contributed by atoms with E-state index in [1.165, 1.54) is 77.0 Å². The van der Waals surface area contributed by atoms with Crippen molar-refractivity contribution in [3.05, 3.63) is 149 Å². The molecule has 0 atom stereocenters. The lowest BCUT2D eigenvalue weighted by atomic mass is 9.43. The Hall–Kier alpha value is -7.18. The maximum atomic E-state index is 7.46. The van der Waals surface area contributed by atoms with E-state index in [9.17, 15) is 0 Å². The summed E-state index contributed by atoms with van der Waals surface area (Å²) in [7, 11) is 0. The van der Waals surface area contributed by atoms with E-state index in [1.807, 2.05) is 0 Å². The smallest absolute Gasteiger partial charge is 0.333 e. The predicted molar refractivity (Wildman–Crippen MR) is 311 cm³/mol. The molecule has 16 rings (SSSR count). The summed E-state index contributed by atoms with van der Waals surface area (Å²) in [6, 6.07) is 46.4. The highest BCUT2D eigenvalue weighted by Gasteiger charge is 2.48. The van der Waals surface area contributed by atoms with Gasteiger partial charge in [0.05, 0.1) is 11.0 Å². The third-order valence-corrected chi connectivity index (χ3v) is 19.2. The molecular formula is C68H61BN2O3. The van der Waals surface area contributed by atoms with E-state index in [1.54, 1.807) is 0 Å². The lowest BCUT2D eigenvalue weighted by Gasteiger charge is -2.42. The van der Waals surface area contributed by atoms with E-state index in [-0.39, 0.29) is 33.9 Å². The fraction of sp³-hybridized carbons (Fsp3) is 0.294. The summed E-state index contributed by atoms with van der Waals surface area (Å²) in [5.41, 5.74) is 23.3. The second-order valence-corrected chi connectivity index (χ2v) is 26.5. The third-order valence-electron chi connectivity index (χ3n) is 19.2. The highest BCUT2D eigenvalue weighted by molar-refractivity contribution is 6.94. The first-order chi connectivity index (χ1) is 35.3. The number of benzene rings is 8. The van der Waals surface area contributed by atoms with Crippen LogP contribution in [0, 0.1) is 0 Å². The second-order valence-electron chi connectivity index (χ2n) is 26.5. The minimum absolute atomic E-state index is 0.00945. The van der Waals surface area contributed by atoms with Gasteiger partial charge in [-0.15, -0.1) is 0 Å². The zero-order chi connectivity index (χ0) is 50.5. The summed E-state index contributed by atoms with van der Waals surface area (Å²) in [4.78, 5) is 2.63. The first kappa shape index (κ1) is 43.2. The molecule has 4 aromatic heterocycles. The average Bonchev–Trinajstić information content (AvgIpc) is 4.14. The molecule has 2 aliphatic carbocycles. The van der Waals surface area contributed by atoms with E-state index < -0.39 is 0 Å². The Balaban J connectivity index is 1.13. The van der Waals surface area contributed by atoms with Gasteiger partial charge in [0.2, 0.25) is 0 Å². The Labute approximate surface area is 432 Å². The van der Waals surface area contributed by atoms with E-state index >= 15 is 0 Å². The Morgan fingerprint density at radius 2 is 1.01 bits per heavy atom. The lowest BCUT2D eigenvalue weighted by molar-refractivity contribution is 0.332. The van der Waals surface area contributed by atoms with Crippen molar-refractivity contribution in [1.82, 2.24) is 4.57 Å². The summed E-state index contributed by atoms with van der Waals surface area (Å²) in [6.45, 7) is 26.1. The number of nitrogens with zero attached hydrogens (tertiary/aromatic N) is 2. The molecule has 5 nitrogen and oxygen atoms in total. The Kier molecular flexibility index (Phi) is 7.92. The molecule has 2 aliphatic heterocycles. The lowest BCUT2D eigenvalue weighted by Crippen LogP contribution is -2.60. The average molecular weight is 965 g/mol. The Bertz CT molecular complexity index is 4540. The van der Waals surface area contributed by atoms with E-state index in [2.05, 4.69) is 207 Å². The van der Waals surface area contributed by atoms with Crippen molar-refractivity contribution in [3.63, 3.8) is 0 Å². The number of para-hydroxylation sites is 2. The first-order valence-corrected chi connectivity index (χ1v) is 27.2. The van der Waals surface area contributed by atoms with Gasteiger partial charge in [-0.05, 0) is 158 Å². The van der Waals surface area contributed by atoms with Gasteiger partial charge in [-0.3, -0.25) is 0 Å². The SMILES string of the molecule is CC(C)(C)c1ccc(N2B3c4cc5oc6ccccc6c5cc4-n4c5cc6c(cc5c5c7c(oc8ccccc87)c(c3c54)-c3cc4c(cc32)oc2cc3c(cc24)C(C)(C)CCC3(C)C)C(C)(C)CCC6(C)C)cc1.